The van der Waals surface area contributed by atoms with Crippen molar-refractivity contribution in [1.29, 1.82) is 0 Å². The van der Waals surface area contributed by atoms with Crippen LogP contribution in [0.4, 0.5) is 5.69 Å². The Bertz CT molecular complexity index is 1720. The fourth-order valence-electron chi connectivity index (χ4n) is 4.21. The van der Waals surface area contributed by atoms with Gasteiger partial charge in [0.15, 0.2) is 0 Å². The summed E-state index contributed by atoms with van der Waals surface area (Å²) in [7, 11) is 0. The van der Waals surface area contributed by atoms with Gasteiger partial charge in [0.05, 0.1) is 16.7 Å². The van der Waals surface area contributed by atoms with Crippen LogP contribution in [0.2, 0.25) is 0 Å². The number of aromatic nitrogens is 1. The number of hydrazone groups is 1. The molecule has 0 aliphatic heterocycles. The van der Waals surface area contributed by atoms with E-state index in [-0.39, 0.29) is 17.0 Å². The van der Waals surface area contributed by atoms with Crippen LogP contribution in [0.5, 0.6) is 5.75 Å². The highest BCUT2D eigenvalue weighted by Gasteiger charge is 2.20. The van der Waals surface area contributed by atoms with Crippen LogP contribution in [0.3, 0.4) is 0 Å². The minimum Gasteiger partial charge on any atom is -0.422 e. The van der Waals surface area contributed by atoms with Gasteiger partial charge < -0.3 is 9.72 Å². The zero-order valence-electron chi connectivity index (χ0n) is 20.8. The van der Waals surface area contributed by atoms with Crippen LogP contribution in [-0.4, -0.2) is 28.0 Å². The molecule has 1 amide bonds. The molecule has 0 atom stereocenters. The van der Waals surface area contributed by atoms with Crippen LogP contribution >= 0.6 is 0 Å². The maximum Gasteiger partial charge on any atom is 0.343 e. The Kier molecular flexibility index (Phi) is 6.96. The molecular weight excluding hydrogens is 496 g/mol. The van der Waals surface area contributed by atoms with Crippen molar-refractivity contribution in [2.45, 2.75) is 6.92 Å². The summed E-state index contributed by atoms with van der Waals surface area (Å²) in [5.41, 5.74) is 6.96. The standard InChI is InChI=1S/C30H22N4O5/c1-19-8-7-12-24-26(20-9-3-2-4-10-20)28(32-27(19)24)29(35)33-31-18-22-11-5-6-13-25(22)39-30(36)21-14-16-23(17-15-21)34(37)38/h2-18,32H,1H3,(H,33,35). The predicted octanol–water partition coefficient (Wildman–Crippen LogP) is 6.03. The Morgan fingerprint density at radius 1 is 0.923 bits per heavy atom. The summed E-state index contributed by atoms with van der Waals surface area (Å²) in [4.78, 5) is 39.4. The van der Waals surface area contributed by atoms with E-state index in [1.54, 1.807) is 24.3 Å². The second-order valence-electron chi connectivity index (χ2n) is 8.67. The number of nitro groups is 1. The van der Waals surface area contributed by atoms with E-state index in [9.17, 15) is 19.7 Å². The summed E-state index contributed by atoms with van der Waals surface area (Å²) < 4.78 is 5.49. The molecule has 1 heterocycles. The number of aryl methyl sites for hydroxylation is 1. The molecule has 2 N–H and O–H groups in total. The molecule has 0 aliphatic carbocycles. The molecule has 5 rings (SSSR count). The van der Waals surface area contributed by atoms with Gasteiger partial charge in [-0.3, -0.25) is 14.9 Å². The number of para-hydroxylation sites is 2. The molecule has 9 heteroatoms. The lowest BCUT2D eigenvalue weighted by molar-refractivity contribution is -0.384. The van der Waals surface area contributed by atoms with Crippen LogP contribution in [0.15, 0.2) is 102 Å². The van der Waals surface area contributed by atoms with E-state index in [1.165, 1.54) is 30.5 Å². The van der Waals surface area contributed by atoms with E-state index < -0.39 is 16.8 Å². The molecule has 5 aromatic rings. The molecule has 192 valence electrons. The monoisotopic (exact) mass is 518 g/mol. The van der Waals surface area contributed by atoms with Crippen molar-refractivity contribution in [3.8, 4) is 16.9 Å². The van der Waals surface area contributed by atoms with Gasteiger partial charge in [0, 0.05) is 34.2 Å². The Labute approximate surface area is 222 Å². The number of aromatic amines is 1. The summed E-state index contributed by atoms with van der Waals surface area (Å²) >= 11 is 0. The number of nitro benzene ring substituents is 1. The van der Waals surface area contributed by atoms with Crippen molar-refractivity contribution in [3.63, 3.8) is 0 Å². The fourth-order valence-corrected chi connectivity index (χ4v) is 4.21. The average molecular weight is 519 g/mol. The average Bonchev–Trinajstić information content (AvgIpc) is 3.35. The number of nitrogens with zero attached hydrogens (tertiary/aromatic N) is 2. The lowest BCUT2D eigenvalue weighted by atomic mass is 10.0. The molecule has 0 unspecified atom stereocenters. The number of carbonyl (C=O) groups excluding carboxylic acids is 2. The Morgan fingerprint density at radius 2 is 1.64 bits per heavy atom. The number of carbonyl (C=O) groups is 2. The van der Waals surface area contributed by atoms with Gasteiger partial charge in [-0.05, 0) is 42.3 Å². The van der Waals surface area contributed by atoms with E-state index in [1.807, 2.05) is 55.5 Å². The van der Waals surface area contributed by atoms with Crippen LogP contribution < -0.4 is 10.2 Å². The van der Waals surface area contributed by atoms with Crippen molar-refractivity contribution >= 4 is 34.7 Å². The fraction of sp³-hybridized carbons (Fsp3) is 0.0333. The third kappa shape index (κ3) is 5.28. The number of rotatable bonds is 7. The highest BCUT2D eigenvalue weighted by Crippen LogP contribution is 2.33. The first-order valence-electron chi connectivity index (χ1n) is 12.0. The lowest BCUT2D eigenvalue weighted by Crippen LogP contribution is -2.19. The summed E-state index contributed by atoms with van der Waals surface area (Å²) in [5.74, 6) is -0.901. The van der Waals surface area contributed by atoms with Gasteiger partial charge in [-0.15, -0.1) is 0 Å². The Morgan fingerprint density at radius 3 is 2.38 bits per heavy atom. The van der Waals surface area contributed by atoms with Gasteiger partial charge in [-0.1, -0.05) is 60.7 Å². The Balaban J connectivity index is 1.37. The molecular formula is C30H22N4O5. The van der Waals surface area contributed by atoms with E-state index in [2.05, 4.69) is 15.5 Å². The maximum absolute atomic E-state index is 13.2. The number of nitrogens with one attached hydrogen (secondary N) is 2. The maximum atomic E-state index is 13.2. The molecule has 0 bridgehead atoms. The molecule has 0 spiro atoms. The number of amides is 1. The van der Waals surface area contributed by atoms with Crippen molar-refractivity contribution in [3.05, 3.63) is 130 Å². The minimum absolute atomic E-state index is 0.129. The summed E-state index contributed by atoms with van der Waals surface area (Å²) in [6.45, 7) is 1.97. The molecule has 4 aromatic carbocycles. The number of hydrogen-bond donors (Lipinski definition) is 2. The smallest absolute Gasteiger partial charge is 0.343 e. The largest absolute Gasteiger partial charge is 0.422 e. The van der Waals surface area contributed by atoms with Gasteiger partial charge >= 0.3 is 5.97 Å². The van der Waals surface area contributed by atoms with E-state index in [0.29, 0.717) is 11.3 Å². The number of hydrogen-bond acceptors (Lipinski definition) is 6. The molecule has 0 saturated heterocycles. The van der Waals surface area contributed by atoms with Gasteiger partial charge in [-0.25, -0.2) is 10.2 Å². The third-order valence-corrected chi connectivity index (χ3v) is 6.14. The summed E-state index contributed by atoms with van der Waals surface area (Å²) in [6, 6.07) is 27.3. The molecule has 0 fully saturated rings. The first-order valence-corrected chi connectivity index (χ1v) is 12.0. The number of H-pyrrole nitrogens is 1. The molecule has 0 aliphatic rings. The normalized spacial score (nSPS) is 11.0. The quantitative estimate of drug-likeness (QED) is 0.0894. The highest BCUT2D eigenvalue weighted by molar-refractivity contribution is 6.10. The molecule has 9 nitrogen and oxygen atoms in total. The highest BCUT2D eigenvalue weighted by atomic mass is 16.6. The number of esters is 1. The first kappa shape index (κ1) is 25.1. The van der Waals surface area contributed by atoms with E-state index in [4.69, 9.17) is 4.74 Å². The minimum atomic E-state index is -0.685. The molecule has 39 heavy (non-hydrogen) atoms. The van der Waals surface area contributed by atoms with Crippen LogP contribution in [0.1, 0.15) is 32.0 Å². The van der Waals surface area contributed by atoms with Gasteiger partial charge in [0.2, 0.25) is 0 Å². The van der Waals surface area contributed by atoms with Crippen molar-refractivity contribution in [2.24, 2.45) is 5.10 Å². The topological polar surface area (TPSA) is 127 Å². The SMILES string of the molecule is Cc1cccc2c(-c3ccccc3)c(C(=O)NN=Cc3ccccc3OC(=O)c3ccc([N+](=O)[O-])cc3)[nH]c12. The Hall–Kier alpha value is -5.57. The predicted molar refractivity (Wildman–Crippen MR) is 148 cm³/mol. The number of benzene rings is 4. The van der Waals surface area contributed by atoms with Crippen LogP contribution in [0, 0.1) is 17.0 Å². The lowest BCUT2D eigenvalue weighted by Gasteiger charge is -2.07. The molecule has 0 saturated carbocycles. The van der Waals surface area contributed by atoms with Gasteiger partial charge in [0.25, 0.3) is 11.6 Å². The van der Waals surface area contributed by atoms with Gasteiger partial charge in [-0.2, -0.15) is 5.10 Å². The van der Waals surface area contributed by atoms with Crippen molar-refractivity contribution < 1.29 is 19.2 Å². The number of ether oxygens (including phenoxy) is 1. The number of non-ortho nitro benzene ring substituents is 1. The van der Waals surface area contributed by atoms with Crippen molar-refractivity contribution in [1.82, 2.24) is 10.4 Å². The first-order chi connectivity index (χ1) is 18.9. The zero-order valence-corrected chi connectivity index (χ0v) is 20.8. The zero-order chi connectivity index (χ0) is 27.4. The van der Waals surface area contributed by atoms with Crippen molar-refractivity contribution in [2.75, 3.05) is 0 Å². The van der Waals surface area contributed by atoms with Gasteiger partial charge in [0.1, 0.15) is 11.4 Å². The summed E-state index contributed by atoms with van der Waals surface area (Å²) in [6.07, 6.45) is 1.38. The second-order valence-corrected chi connectivity index (χ2v) is 8.67. The molecule has 1 aromatic heterocycles. The van der Waals surface area contributed by atoms with Crippen LogP contribution in [-0.2, 0) is 0 Å². The number of fused-ring (bicyclic) bond motifs is 1. The molecule has 0 radical (unpaired) electrons. The van der Waals surface area contributed by atoms with E-state index in [0.717, 1.165) is 27.6 Å². The van der Waals surface area contributed by atoms with Crippen LogP contribution in [0.25, 0.3) is 22.0 Å². The second kappa shape index (κ2) is 10.8. The third-order valence-electron chi connectivity index (χ3n) is 6.14. The van der Waals surface area contributed by atoms with E-state index >= 15 is 0 Å². The summed E-state index contributed by atoms with van der Waals surface area (Å²) in [5, 5.41) is 15.9.